The average molecular weight is 376 g/mol. The van der Waals surface area contributed by atoms with Gasteiger partial charge in [0, 0.05) is 11.1 Å². The Labute approximate surface area is 163 Å². The first-order valence-corrected chi connectivity index (χ1v) is 9.04. The molecule has 4 heteroatoms. The highest BCUT2D eigenvalue weighted by Gasteiger charge is 2.26. The minimum atomic E-state index is -1.05. The van der Waals surface area contributed by atoms with E-state index in [1.54, 1.807) is 30.3 Å². The lowest BCUT2D eigenvalue weighted by Gasteiger charge is -2.18. The molecule has 1 atom stereocenters. The van der Waals surface area contributed by atoms with Crippen LogP contribution in [-0.2, 0) is 16.0 Å². The highest BCUT2D eigenvalue weighted by Crippen LogP contribution is 2.24. The predicted octanol–water partition coefficient (Wildman–Crippen LogP) is 5.15. The molecule has 3 rings (SSSR count). The number of ketones is 1. The molecule has 0 heterocycles. The van der Waals surface area contributed by atoms with E-state index in [2.05, 4.69) is 0 Å². The number of aryl methyl sites for hydroxylation is 2. The Hall–Kier alpha value is -3.27. The number of halogens is 1. The maximum atomic E-state index is 13.4. The van der Waals surface area contributed by atoms with Crippen molar-refractivity contribution in [2.24, 2.45) is 0 Å². The summed E-state index contributed by atoms with van der Waals surface area (Å²) in [5.74, 6) is -1.30. The highest BCUT2D eigenvalue weighted by atomic mass is 19.1. The topological polar surface area (TPSA) is 43.4 Å². The lowest BCUT2D eigenvalue weighted by molar-refractivity contribution is -0.146. The summed E-state index contributed by atoms with van der Waals surface area (Å²) < 4.78 is 18.9. The Morgan fingerprint density at radius 1 is 0.893 bits per heavy atom. The molecule has 0 amide bonds. The summed E-state index contributed by atoms with van der Waals surface area (Å²) >= 11 is 0. The number of Topliss-reactive ketones (excluding diaryl/α,β-unsaturated/α-hetero) is 1. The smallest absolute Gasteiger partial charge is 0.311 e. The zero-order chi connectivity index (χ0) is 20.1. The number of carbonyl (C=O) groups is 2. The predicted molar refractivity (Wildman–Crippen MR) is 106 cm³/mol. The molecule has 3 aromatic rings. The van der Waals surface area contributed by atoms with Crippen LogP contribution in [0.2, 0.25) is 0 Å². The number of hydrogen-bond acceptors (Lipinski definition) is 3. The van der Waals surface area contributed by atoms with Gasteiger partial charge in [-0.3, -0.25) is 9.59 Å². The van der Waals surface area contributed by atoms with Crippen molar-refractivity contribution in [1.29, 1.82) is 0 Å². The maximum Gasteiger partial charge on any atom is 0.311 e. The van der Waals surface area contributed by atoms with E-state index in [1.165, 1.54) is 18.2 Å². The van der Waals surface area contributed by atoms with Crippen molar-refractivity contribution >= 4 is 11.8 Å². The second-order valence-corrected chi connectivity index (χ2v) is 6.82. The van der Waals surface area contributed by atoms with Crippen molar-refractivity contribution in [2.45, 2.75) is 26.4 Å². The zero-order valence-electron chi connectivity index (χ0n) is 15.8. The summed E-state index contributed by atoms with van der Waals surface area (Å²) in [6.45, 7) is 3.88. The average Bonchev–Trinajstić information content (AvgIpc) is 2.67. The van der Waals surface area contributed by atoms with Gasteiger partial charge in [0.2, 0.25) is 5.78 Å². The third kappa shape index (κ3) is 4.92. The summed E-state index contributed by atoms with van der Waals surface area (Å²) in [4.78, 5) is 25.5. The number of ether oxygens (including phenoxy) is 1. The number of esters is 1. The van der Waals surface area contributed by atoms with Gasteiger partial charge in [0.05, 0.1) is 6.42 Å². The molecular weight excluding hydrogens is 355 g/mol. The largest absolute Gasteiger partial charge is 0.449 e. The Kier molecular flexibility index (Phi) is 5.99. The van der Waals surface area contributed by atoms with Crippen molar-refractivity contribution in [3.05, 3.63) is 106 Å². The first-order valence-electron chi connectivity index (χ1n) is 9.04. The molecule has 3 aromatic carbocycles. The monoisotopic (exact) mass is 376 g/mol. The fourth-order valence-corrected chi connectivity index (χ4v) is 2.87. The van der Waals surface area contributed by atoms with Crippen LogP contribution in [0.15, 0.2) is 72.8 Å². The first kappa shape index (κ1) is 19.5. The molecule has 28 heavy (non-hydrogen) atoms. The zero-order valence-corrected chi connectivity index (χ0v) is 15.8. The molecular formula is C24H21FO3. The quantitative estimate of drug-likeness (QED) is 0.441. The maximum absolute atomic E-state index is 13.4. The molecule has 0 aliphatic carbocycles. The number of rotatable bonds is 6. The van der Waals surface area contributed by atoms with E-state index in [0.717, 1.165) is 11.1 Å². The molecule has 1 unspecified atom stereocenters. The molecule has 3 nitrogen and oxygen atoms in total. The van der Waals surface area contributed by atoms with Crippen LogP contribution in [0.1, 0.15) is 38.7 Å². The summed E-state index contributed by atoms with van der Waals surface area (Å²) in [5, 5.41) is 0. The third-order valence-corrected chi connectivity index (χ3v) is 4.44. The normalized spacial score (nSPS) is 11.7. The van der Waals surface area contributed by atoms with E-state index < -0.39 is 17.9 Å². The highest BCUT2D eigenvalue weighted by molar-refractivity contribution is 6.01. The number of hydrogen-bond donors (Lipinski definition) is 0. The van der Waals surface area contributed by atoms with Crippen LogP contribution in [0.3, 0.4) is 0 Å². The second kappa shape index (κ2) is 8.61. The SMILES string of the molecule is Cc1ccc(C(=O)C(OC(=O)Cc2cccc(F)c2)c2ccc(C)cc2)cc1. The van der Waals surface area contributed by atoms with Crippen molar-refractivity contribution in [3.8, 4) is 0 Å². The Morgan fingerprint density at radius 3 is 2.11 bits per heavy atom. The summed E-state index contributed by atoms with van der Waals surface area (Å²) in [5.41, 5.74) is 3.64. The minimum Gasteiger partial charge on any atom is -0.449 e. The van der Waals surface area contributed by atoms with E-state index in [4.69, 9.17) is 4.74 Å². The van der Waals surface area contributed by atoms with Gasteiger partial charge in [-0.15, -0.1) is 0 Å². The van der Waals surface area contributed by atoms with Gasteiger partial charge >= 0.3 is 5.97 Å². The molecule has 0 saturated heterocycles. The van der Waals surface area contributed by atoms with Crippen molar-refractivity contribution in [2.75, 3.05) is 0 Å². The van der Waals surface area contributed by atoms with Gasteiger partial charge in [0.25, 0.3) is 0 Å². The molecule has 0 aliphatic rings. The van der Waals surface area contributed by atoms with Gasteiger partial charge in [-0.05, 0) is 31.5 Å². The summed E-state index contributed by atoms with van der Waals surface area (Å²) in [7, 11) is 0. The molecule has 0 spiro atoms. The van der Waals surface area contributed by atoms with Crippen LogP contribution in [0.25, 0.3) is 0 Å². The van der Waals surface area contributed by atoms with Crippen molar-refractivity contribution in [1.82, 2.24) is 0 Å². The van der Waals surface area contributed by atoms with Crippen LogP contribution < -0.4 is 0 Å². The van der Waals surface area contributed by atoms with Gasteiger partial charge in [-0.2, -0.15) is 0 Å². The van der Waals surface area contributed by atoms with E-state index in [0.29, 0.717) is 16.7 Å². The van der Waals surface area contributed by atoms with Crippen LogP contribution >= 0.6 is 0 Å². The Morgan fingerprint density at radius 2 is 1.50 bits per heavy atom. The van der Waals surface area contributed by atoms with Crippen molar-refractivity contribution in [3.63, 3.8) is 0 Å². The Bertz CT molecular complexity index is 975. The first-order chi connectivity index (χ1) is 13.4. The number of benzene rings is 3. The lowest BCUT2D eigenvalue weighted by atomic mass is 9.98. The molecule has 142 valence electrons. The lowest BCUT2D eigenvalue weighted by Crippen LogP contribution is -2.21. The van der Waals surface area contributed by atoms with E-state index in [1.807, 2.05) is 38.1 Å². The van der Waals surface area contributed by atoms with Crippen LogP contribution in [0.5, 0.6) is 0 Å². The molecule has 0 aromatic heterocycles. The summed E-state index contributed by atoms with van der Waals surface area (Å²) in [6.07, 6.45) is -1.16. The molecule has 0 bridgehead atoms. The number of carbonyl (C=O) groups excluding carboxylic acids is 2. The van der Waals surface area contributed by atoms with E-state index >= 15 is 0 Å². The third-order valence-electron chi connectivity index (χ3n) is 4.44. The second-order valence-electron chi connectivity index (χ2n) is 6.82. The standard InChI is InChI=1S/C24H21FO3/c1-16-6-10-19(11-7-16)23(27)24(20-12-8-17(2)9-13-20)28-22(26)15-18-4-3-5-21(25)14-18/h3-14,24H,15H2,1-2H3. The molecule has 0 fully saturated rings. The van der Waals surface area contributed by atoms with E-state index in [9.17, 15) is 14.0 Å². The van der Waals surface area contributed by atoms with Crippen molar-refractivity contribution < 1.29 is 18.7 Å². The van der Waals surface area contributed by atoms with Crippen LogP contribution in [-0.4, -0.2) is 11.8 Å². The van der Waals surface area contributed by atoms with Gasteiger partial charge in [-0.25, -0.2) is 4.39 Å². The summed E-state index contributed by atoms with van der Waals surface area (Å²) in [6, 6.07) is 20.2. The molecule has 0 N–H and O–H groups in total. The van der Waals surface area contributed by atoms with E-state index in [-0.39, 0.29) is 12.2 Å². The van der Waals surface area contributed by atoms with Gasteiger partial charge in [0.1, 0.15) is 5.82 Å². The molecule has 0 radical (unpaired) electrons. The van der Waals surface area contributed by atoms with Crippen LogP contribution in [0, 0.1) is 19.7 Å². The molecule has 0 saturated carbocycles. The van der Waals surface area contributed by atoms with Gasteiger partial charge in [0.15, 0.2) is 6.10 Å². The van der Waals surface area contributed by atoms with Gasteiger partial charge < -0.3 is 4.74 Å². The Balaban J connectivity index is 1.85. The van der Waals surface area contributed by atoms with Gasteiger partial charge in [-0.1, -0.05) is 71.8 Å². The minimum absolute atomic E-state index is 0.110. The fourth-order valence-electron chi connectivity index (χ4n) is 2.87. The fraction of sp³-hybridized carbons (Fsp3) is 0.167. The van der Waals surface area contributed by atoms with Crippen LogP contribution in [0.4, 0.5) is 4.39 Å². The molecule has 0 aliphatic heterocycles.